The van der Waals surface area contributed by atoms with Crippen LogP contribution in [0, 0.1) is 0 Å². The van der Waals surface area contributed by atoms with Crippen molar-refractivity contribution < 1.29 is 0 Å². The molecular formula is C18H29N. The molecule has 19 heavy (non-hydrogen) atoms. The molecule has 1 fully saturated rings. The van der Waals surface area contributed by atoms with Crippen molar-refractivity contribution in [1.29, 1.82) is 0 Å². The third-order valence-electron chi connectivity index (χ3n) is 4.16. The van der Waals surface area contributed by atoms with E-state index in [-0.39, 0.29) is 10.8 Å². The molecule has 1 heteroatoms. The molecule has 1 nitrogen and oxygen atoms in total. The van der Waals surface area contributed by atoms with Gasteiger partial charge >= 0.3 is 0 Å². The molecular weight excluding hydrogens is 230 g/mol. The first-order valence-corrected chi connectivity index (χ1v) is 7.58. The van der Waals surface area contributed by atoms with Crippen molar-refractivity contribution in [2.24, 2.45) is 0 Å². The van der Waals surface area contributed by atoms with Gasteiger partial charge in [0.1, 0.15) is 0 Å². The maximum absolute atomic E-state index is 3.64. The van der Waals surface area contributed by atoms with Gasteiger partial charge in [-0.25, -0.2) is 0 Å². The maximum atomic E-state index is 3.64. The van der Waals surface area contributed by atoms with Crippen molar-refractivity contribution in [2.75, 3.05) is 6.54 Å². The molecule has 0 spiro atoms. The number of hydrogen-bond acceptors (Lipinski definition) is 1. The highest BCUT2D eigenvalue weighted by Crippen LogP contribution is 2.36. The lowest BCUT2D eigenvalue weighted by Gasteiger charge is -2.29. The molecule has 0 amide bonds. The van der Waals surface area contributed by atoms with Crippen molar-refractivity contribution >= 4 is 0 Å². The predicted molar refractivity (Wildman–Crippen MR) is 83.8 cm³/mol. The van der Waals surface area contributed by atoms with Crippen LogP contribution in [0.1, 0.15) is 77.1 Å². The molecule has 0 aliphatic carbocycles. The van der Waals surface area contributed by atoms with E-state index in [0.29, 0.717) is 6.04 Å². The van der Waals surface area contributed by atoms with Crippen molar-refractivity contribution in [3.8, 4) is 0 Å². The highest BCUT2D eigenvalue weighted by atomic mass is 14.9. The Morgan fingerprint density at radius 3 is 2.16 bits per heavy atom. The molecule has 1 aromatic rings. The highest BCUT2D eigenvalue weighted by molar-refractivity contribution is 5.41. The molecule has 0 radical (unpaired) electrons. The Morgan fingerprint density at radius 1 is 1.00 bits per heavy atom. The lowest BCUT2D eigenvalue weighted by Crippen LogP contribution is -2.22. The zero-order chi connectivity index (χ0) is 14.3. The van der Waals surface area contributed by atoms with Gasteiger partial charge in [0.2, 0.25) is 0 Å². The summed E-state index contributed by atoms with van der Waals surface area (Å²) in [6.45, 7) is 15.0. The van der Waals surface area contributed by atoms with Gasteiger partial charge in [-0.05, 0) is 46.9 Å². The fourth-order valence-electron chi connectivity index (χ4n) is 2.93. The van der Waals surface area contributed by atoms with Crippen LogP contribution in [0.25, 0.3) is 0 Å². The van der Waals surface area contributed by atoms with Gasteiger partial charge in [0.05, 0.1) is 0 Å². The quantitative estimate of drug-likeness (QED) is 0.770. The molecule has 0 saturated carbocycles. The van der Waals surface area contributed by atoms with Crippen molar-refractivity contribution in [3.05, 3.63) is 34.9 Å². The summed E-state index contributed by atoms with van der Waals surface area (Å²) >= 11 is 0. The summed E-state index contributed by atoms with van der Waals surface area (Å²) in [6.07, 6.45) is 2.58. The Balaban J connectivity index is 2.49. The molecule has 1 aliphatic heterocycles. The summed E-state index contributed by atoms with van der Waals surface area (Å²) < 4.78 is 0. The zero-order valence-corrected chi connectivity index (χ0v) is 13.4. The van der Waals surface area contributed by atoms with E-state index < -0.39 is 0 Å². The van der Waals surface area contributed by atoms with E-state index in [1.165, 1.54) is 29.5 Å². The van der Waals surface area contributed by atoms with Gasteiger partial charge in [-0.3, -0.25) is 0 Å². The standard InChI is InChI=1S/C18H29N/c1-17(2,3)13-9-10-14(16-8-7-11-19-16)15(12-13)18(4,5)6/h9-10,12,16,19H,7-8,11H2,1-6H3/t16-/m0/s1. The van der Waals surface area contributed by atoms with E-state index in [1.807, 2.05) is 0 Å². The van der Waals surface area contributed by atoms with Crippen LogP contribution in [0.15, 0.2) is 18.2 Å². The minimum absolute atomic E-state index is 0.209. The monoisotopic (exact) mass is 259 g/mol. The van der Waals surface area contributed by atoms with Gasteiger partial charge in [-0.2, -0.15) is 0 Å². The molecule has 2 rings (SSSR count). The minimum atomic E-state index is 0.209. The molecule has 1 heterocycles. The van der Waals surface area contributed by atoms with Gasteiger partial charge in [0, 0.05) is 6.04 Å². The highest BCUT2D eigenvalue weighted by Gasteiger charge is 2.26. The van der Waals surface area contributed by atoms with Crippen molar-refractivity contribution in [3.63, 3.8) is 0 Å². The first-order chi connectivity index (χ1) is 8.69. The lowest BCUT2D eigenvalue weighted by molar-refractivity contribution is 0.545. The van der Waals surface area contributed by atoms with Crippen molar-refractivity contribution in [1.82, 2.24) is 5.32 Å². The average molecular weight is 259 g/mol. The van der Waals surface area contributed by atoms with Gasteiger partial charge in [-0.15, -0.1) is 0 Å². The SMILES string of the molecule is CC(C)(C)c1ccc([C@@H]2CCCN2)c(C(C)(C)C)c1. The van der Waals surface area contributed by atoms with Crippen LogP contribution in [0.2, 0.25) is 0 Å². The Hall–Kier alpha value is -0.820. The Bertz CT molecular complexity index is 440. The number of hydrogen-bond donors (Lipinski definition) is 1. The summed E-state index contributed by atoms with van der Waals surface area (Å²) in [5.41, 5.74) is 4.90. The van der Waals surface area contributed by atoms with Gasteiger partial charge < -0.3 is 5.32 Å². The van der Waals surface area contributed by atoms with Gasteiger partial charge in [0.15, 0.2) is 0 Å². The number of nitrogens with one attached hydrogen (secondary N) is 1. The summed E-state index contributed by atoms with van der Waals surface area (Å²) in [6, 6.07) is 7.69. The summed E-state index contributed by atoms with van der Waals surface area (Å²) in [7, 11) is 0. The Labute approximate surface area is 118 Å². The third-order valence-corrected chi connectivity index (χ3v) is 4.16. The van der Waals surface area contributed by atoms with E-state index in [0.717, 1.165) is 6.54 Å². The fourth-order valence-corrected chi connectivity index (χ4v) is 2.93. The second-order valence-electron chi connectivity index (χ2n) is 7.95. The van der Waals surface area contributed by atoms with Gasteiger partial charge in [-0.1, -0.05) is 59.7 Å². The fraction of sp³-hybridized carbons (Fsp3) is 0.667. The molecule has 0 bridgehead atoms. The summed E-state index contributed by atoms with van der Waals surface area (Å²) in [5.74, 6) is 0. The van der Waals surface area contributed by atoms with Crippen molar-refractivity contribution in [2.45, 2.75) is 71.3 Å². The molecule has 1 aliphatic rings. The molecule has 1 atom stereocenters. The molecule has 1 N–H and O–H groups in total. The number of rotatable bonds is 1. The second kappa shape index (κ2) is 4.94. The van der Waals surface area contributed by atoms with Gasteiger partial charge in [0.25, 0.3) is 0 Å². The first kappa shape index (κ1) is 14.6. The Morgan fingerprint density at radius 2 is 1.68 bits per heavy atom. The van der Waals surface area contributed by atoms with E-state index in [9.17, 15) is 0 Å². The normalized spacial score (nSPS) is 20.8. The van der Waals surface area contributed by atoms with Crippen LogP contribution in [0.4, 0.5) is 0 Å². The Kier molecular flexibility index (Phi) is 3.79. The molecule has 0 aromatic heterocycles. The van der Waals surface area contributed by atoms with Crippen LogP contribution < -0.4 is 5.32 Å². The molecule has 1 saturated heterocycles. The van der Waals surface area contributed by atoms with Crippen LogP contribution in [-0.2, 0) is 10.8 Å². The van der Waals surface area contributed by atoms with E-state index in [4.69, 9.17) is 0 Å². The molecule has 106 valence electrons. The van der Waals surface area contributed by atoms with E-state index in [2.05, 4.69) is 65.1 Å². The van der Waals surface area contributed by atoms with Crippen LogP contribution in [0.3, 0.4) is 0 Å². The summed E-state index contributed by atoms with van der Waals surface area (Å²) in [4.78, 5) is 0. The average Bonchev–Trinajstić information content (AvgIpc) is 2.79. The lowest BCUT2D eigenvalue weighted by atomic mass is 9.77. The zero-order valence-electron chi connectivity index (χ0n) is 13.4. The topological polar surface area (TPSA) is 12.0 Å². The van der Waals surface area contributed by atoms with Crippen LogP contribution in [-0.4, -0.2) is 6.54 Å². The molecule has 1 aromatic carbocycles. The minimum Gasteiger partial charge on any atom is -0.310 e. The van der Waals surface area contributed by atoms with Crippen LogP contribution >= 0.6 is 0 Å². The predicted octanol–water partition coefficient (Wildman–Crippen LogP) is 4.71. The number of benzene rings is 1. The largest absolute Gasteiger partial charge is 0.310 e. The maximum Gasteiger partial charge on any atom is 0.0323 e. The van der Waals surface area contributed by atoms with E-state index >= 15 is 0 Å². The second-order valence-corrected chi connectivity index (χ2v) is 7.95. The summed E-state index contributed by atoms with van der Waals surface area (Å²) in [5, 5.41) is 3.64. The first-order valence-electron chi connectivity index (χ1n) is 7.58. The van der Waals surface area contributed by atoms with E-state index in [1.54, 1.807) is 0 Å². The van der Waals surface area contributed by atoms with Crippen LogP contribution in [0.5, 0.6) is 0 Å². The molecule has 0 unspecified atom stereocenters. The smallest absolute Gasteiger partial charge is 0.0323 e. The third kappa shape index (κ3) is 3.20.